The molecule has 1 aromatic rings. The van der Waals surface area contributed by atoms with Gasteiger partial charge in [0.05, 0.1) is 13.2 Å². The first-order valence-electron chi connectivity index (χ1n) is 6.49. The number of methoxy groups -OCH3 is 1. The summed E-state index contributed by atoms with van der Waals surface area (Å²) in [6.07, 6.45) is 0. The Bertz CT molecular complexity index is 450. The molecule has 1 saturated heterocycles. The summed E-state index contributed by atoms with van der Waals surface area (Å²) >= 11 is 0. The van der Waals surface area contributed by atoms with Gasteiger partial charge in [0, 0.05) is 31.7 Å². The fraction of sp³-hybridized carbons (Fsp3) is 0.500. The van der Waals surface area contributed by atoms with E-state index in [1.165, 1.54) is 0 Å². The minimum absolute atomic E-state index is 0.0300. The minimum Gasteiger partial charge on any atom is -0.497 e. The molecule has 1 fully saturated rings. The predicted molar refractivity (Wildman–Crippen MR) is 74.4 cm³/mol. The topological polar surface area (TPSA) is 58.8 Å². The molecule has 2 N–H and O–H groups in total. The number of hydrogen-bond acceptors (Lipinski definition) is 4. The lowest BCUT2D eigenvalue weighted by Gasteiger charge is -2.39. The number of benzene rings is 1. The molecule has 0 aliphatic carbocycles. The zero-order valence-corrected chi connectivity index (χ0v) is 11.5. The van der Waals surface area contributed by atoms with Crippen molar-refractivity contribution in [2.45, 2.75) is 6.04 Å². The van der Waals surface area contributed by atoms with Gasteiger partial charge in [0.15, 0.2) is 0 Å². The van der Waals surface area contributed by atoms with Crippen molar-refractivity contribution in [3.63, 3.8) is 0 Å². The average Bonchev–Trinajstić information content (AvgIpc) is 2.46. The van der Waals surface area contributed by atoms with Crippen molar-refractivity contribution < 1.29 is 9.53 Å². The summed E-state index contributed by atoms with van der Waals surface area (Å²) < 4.78 is 5.16. The molecular weight excluding hydrogens is 242 g/mol. The molecule has 5 nitrogen and oxygen atoms in total. The smallest absolute Gasteiger partial charge is 0.254 e. The molecule has 1 aliphatic rings. The normalized spacial score (nSPS) is 20.4. The number of amides is 1. The molecule has 1 unspecified atom stereocenters. The third-order valence-corrected chi connectivity index (χ3v) is 3.54. The maximum absolute atomic E-state index is 12.5. The Morgan fingerprint density at radius 2 is 2.26 bits per heavy atom. The summed E-state index contributed by atoms with van der Waals surface area (Å²) in [6.45, 7) is 2.91. The Labute approximate surface area is 113 Å². The third-order valence-electron chi connectivity index (χ3n) is 3.54. The number of likely N-dealkylation sites (N-methyl/N-ethyl adjacent to an activating group) is 1. The molecule has 19 heavy (non-hydrogen) atoms. The molecular formula is C14H21N3O2. The summed E-state index contributed by atoms with van der Waals surface area (Å²) in [7, 11) is 3.65. The highest BCUT2D eigenvalue weighted by molar-refractivity contribution is 5.95. The van der Waals surface area contributed by atoms with Crippen molar-refractivity contribution in [2.24, 2.45) is 5.73 Å². The molecule has 0 aromatic heterocycles. The molecule has 0 radical (unpaired) electrons. The number of rotatable bonds is 3. The maximum atomic E-state index is 12.5. The van der Waals surface area contributed by atoms with Crippen LogP contribution in [0.3, 0.4) is 0 Å². The SMILES string of the molecule is COc1cccc(C(=O)N2CCN(C)CC2CN)c1. The fourth-order valence-electron chi connectivity index (χ4n) is 2.40. The maximum Gasteiger partial charge on any atom is 0.254 e. The zero-order chi connectivity index (χ0) is 13.8. The van der Waals surface area contributed by atoms with Crippen molar-refractivity contribution >= 4 is 5.91 Å². The van der Waals surface area contributed by atoms with E-state index in [9.17, 15) is 4.79 Å². The average molecular weight is 263 g/mol. The Balaban J connectivity index is 2.17. The summed E-state index contributed by atoms with van der Waals surface area (Å²) in [4.78, 5) is 16.6. The van der Waals surface area contributed by atoms with Crippen molar-refractivity contribution in [3.05, 3.63) is 29.8 Å². The van der Waals surface area contributed by atoms with E-state index in [2.05, 4.69) is 11.9 Å². The van der Waals surface area contributed by atoms with Crippen LogP contribution in [-0.2, 0) is 0 Å². The first-order valence-corrected chi connectivity index (χ1v) is 6.49. The number of ether oxygens (including phenoxy) is 1. The Kier molecular flexibility index (Phi) is 4.39. The molecule has 1 aromatic carbocycles. The van der Waals surface area contributed by atoms with E-state index in [1.807, 2.05) is 23.1 Å². The second-order valence-electron chi connectivity index (χ2n) is 4.88. The molecule has 0 bridgehead atoms. The van der Waals surface area contributed by atoms with Crippen molar-refractivity contribution in [1.82, 2.24) is 9.80 Å². The van der Waals surface area contributed by atoms with Crippen molar-refractivity contribution in [2.75, 3.05) is 40.3 Å². The minimum atomic E-state index is 0.0300. The highest BCUT2D eigenvalue weighted by Crippen LogP contribution is 2.17. The molecule has 0 saturated carbocycles. The highest BCUT2D eigenvalue weighted by atomic mass is 16.5. The lowest BCUT2D eigenvalue weighted by Crippen LogP contribution is -2.56. The largest absolute Gasteiger partial charge is 0.497 e. The van der Waals surface area contributed by atoms with Crippen molar-refractivity contribution in [1.29, 1.82) is 0 Å². The van der Waals surface area contributed by atoms with Crippen LogP contribution in [0, 0.1) is 0 Å². The van der Waals surface area contributed by atoms with Crippen LogP contribution in [0.5, 0.6) is 5.75 Å². The van der Waals surface area contributed by atoms with Crippen molar-refractivity contribution in [3.8, 4) is 5.75 Å². The first-order chi connectivity index (χ1) is 9.15. The number of piperazine rings is 1. The highest BCUT2D eigenvalue weighted by Gasteiger charge is 2.28. The van der Waals surface area contributed by atoms with Crippen LogP contribution in [0.2, 0.25) is 0 Å². The summed E-state index contributed by atoms with van der Waals surface area (Å²) in [5.41, 5.74) is 6.44. The molecule has 104 valence electrons. The zero-order valence-electron chi connectivity index (χ0n) is 11.5. The summed E-state index contributed by atoms with van der Waals surface area (Å²) in [5, 5.41) is 0. The quantitative estimate of drug-likeness (QED) is 0.858. The van der Waals surface area contributed by atoms with E-state index >= 15 is 0 Å². The van der Waals surface area contributed by atoms with Crippen LogP contribution in [0.1, 0.15) is 10.4 Å². The molecule has 1 atom stereocenters. The van der Waals surface area contributed by atoms with Gasteiger partial charge in [-0.15, -0.1) is 0 Å². The second kappa shape index (κ2) is 6.04. The number of nitrogens with zero attached hydrogens (tertiary/aromatic N) is 2. The van der Waals surface area contributed by atoms with Crippen LogP contribution in [0.25, 0.3) is 0 Å². The molecule has 0 spiro atoms. The van der Waals surface area contributed by atoms with Gasteiger partial charge in [0.1, 0.15) is 5.75 Å². The van der Waals surface area contributed by atoms with Gasteiger partial charge >= 0.3 is 0 Å². The van der Waals surface area contributed by atoms with E-state index in [4.69, 9.17) is 10.5 Å². The van der Waals surface area contributed by atoms with Gasteiger partial charge in [0.2, 0.25) is 0 Å². The van der Waals surface area contributed by atoms with E-state index < -0.39 is 0 Å². The molecule has 2 rings (SSSR count). The fourth-order valence-corrected chi connectivity index (χ4v) is 2.40. The summed E-state index contributed by atoms with van der Waals surface area (Å²) in [5.74, 6) is 0.728. The Hall–Kier alpha value is -1.59. The lowest BCUT2D eigenvalue weighted by atomic mass is 10.1. The summed E-state index contributed by atoms with van der Waals surface area (Å²) in [6, 6.07) is 7.34. The standard InChI is InChI=1S/C14H21N3O2/c1-16-6-7-17(12(9-15)10-16)14(18)11-4-3-5-13(8-11)19-2/h3-5,8,12H,6-7,9-10,15H2,1-2H3. The third kappa shape index (κ3) is 3.05. The van der Waals surface area contributed by atoms with Gasteiger partial charge in [-0.1, -0.05) is 6.07 Å². The van der Waals surface area contributed by atoms with Crippen LogP contribution < -0.4 is 10.5 Å². The Morgan fingerprint density at radius 1 is 1.47 bits per heavy atom. The second-order valence-corrected chi connectivity index (χ2v) is 4.88. The number of hydrogen-bond donors (Lipinski definition) is 1. The lowest BCUT2D eigenvalue weighted by molar-refractivity contribution is 0.0515. The number of nitrogens with two attached hydrogens (primary N) is 1. The van der Waals surface area contributed by atoms with Gasteiger partial charge in [-0.2, -0.15) is 0 Å². The van der Waals surface area contributed by atoms with Gasteiger partial charge in [-0.3, -0.25) is 4.79 Å². The molecule has 1 heterocycles. The van der Waals surface area contributed by atoms with Gasteiger partial charge < -0.3 is 20.3 Å². The van der Waals surface area contributed by atoms with Gasteiger partial charge in [0.25, 0.3) is 5.91 Å². The van der Waals surface area contributed by atoms with Gasteiger partial charge in [-0.25, -0.2) is 0 Å². The number of carbonyl (C=O) groups is 1. The van der Waals surface area contributed by atoms with Crippen LogP contribution >= 0.6 is 0 Å². The molecule has 1 amide bonds. The monoisotopic (exact) mass is 263 g/mol. The van der Waals surface area contributed by atoms with E-state index in [1.54, 1.807) is 13.2 Å². The van der Waals surface area contributed by atoms with Crippen LogP contribution in [0.15, 0.2) is 24.3 Å². The van der Waals surface area contributed by atoms with Gasteiger partial charge in [-0.05, 0) is 25.2 Å². The molecule has 5 heteroatoms. The van der Waals surface area contributed by atoms with E-state index in [-0.39, 0.29) is 11.9 Å². The van der Waals surface area contributed by atoms with Crippen LogP contribution in [-0.4, -0.2) is 62.1 Å². The Morgan fingerprint density at radius 3 is 2.95 bits per heavy atom. The molecule has 1 aliphatic heterocycles. The van der Waals surface area contributed by atoms with Crippen LogP contribution in [0.4, 0.5) is 0 Å². The predicted octanol–water partition coefficient (Wildman–Crippen LogP) is 0.410. The number of carbonyl (C=O) groups excluding carboxylic acids is 1. The first kappa shape index (κ1) is 13.8. The van der Waals surface area contributed by atoms with E-state index in [0.29, 0.717) is 24.4 Å². The van der Waals surface area contributed by atoms with E-state index in [0.717, 1.165) is 13.1 Å².